The van der Waals surface area contributed by atoms with Gasteiger partial charge in [-0.2, -0.15) is 4.98 Å². The first-order valence-electron chi connectivity index (χ1n) is 4.59. The molecule has 0 spiro atoms. The number of ether oxygens (including phenoxy) is 1. The van der Waals surface area contributed by atoms with Gasteiger partial charge in [-0.3, -0.25) is 4.98 Å². The molecule has 5 heteroatoms. The predicted molar refractivity (Wildman–Crippen MR) is 55.3 cm³/mol. The molecule has 0 saturated carbocycles. The Kier molecular flexibility index (Phi) is 4.12. The van der Waals surface area contributed by atoms with Gasteiger partial charge in [0.05, 0.1) is 19.5 Å². The molecule has 3 N–H and O–H groups in total. The van der Waals surface area contributed by atoms with E-state index in [1.165, 1.54) is 0 Å². The van der Waals surface area contributed by atoms with Crippen molar-refractivity contribution in [2.45, 2.75) is 19.4 Å². The quantitative estimate of drug-likeness (QED) is 0.722. The molecule has 0 amide bonds. The molecular weight excluding hydrogens is 180 g/mol. The van der Waals surface area contributed by atoms with Crippen molar-refractivity contribution in [2.75, 3.05) is 19.0 Å². The predicted octanol–water partition coefficient (Wildman–Crippen LogP) is 0.634. The molecule has 5 nitrogen and oxygen atoms in total. The Bertz CT molecular complexity index is 279. The van der Waals surface area contributed by atoms with Crippen LogP contribution in [0.15, 0.2) is 12.4 Å². The van der Waals surface area contributed by atoms with Crippen LogP contribution in [0.2, 0.25) is 0 Å². The SMILES string of the molecule is COc1cncc(NC(C)CCN)n1. The van der Waals surface area contributed by atoms with Crippen LogP contribution in [0.1, 0.15) is 13.3 Å². The summed E-state index contributed by atoms with van der Waals surface area (Å²) in [4.78, 5) is 8.16. The molecule has 0 fully saturated rings. The lowest BCUT2D eigenvalue weighted by Crippen LogP contribution is -2.20. The van der Waals surface area contributed by atoms with E-state index < -0.39 is 0 Å². The second-order valence-electron chi connectivity index (χ2n) is 3.07. The molecule has 1 unspecified atom stereocenters. The van der Waals surface area contributed by atoms with Gasteiger partial charge < -0.3 is 15.8 Å². The average Bonchev–Trinajstić information content (AvgIpc) is 2.18. The first-order chi connectivity index (χ1) is 6.76. The van der Waals surface area contributed by atoms with E-state index in [0.29, 0.717) is 24.3 Å². The highest BCUT2D eigenvalue weighted by molar-refractivity contribution is 5.34. The summed E-state index contributed by atoms with van der Waals surface area (Å²) in [5, 5.41) is 3.18. The van der Waals surface area contributed by atoms with Crippen LogP contribution in [0.3, 0.4) is 0 Å². The molecule has 0 aromatic carbocycles. The van der Waals surface area contributed by atoms with Gasteiger partial charge in [0.2, 0.25) is 5.88 Å². The lowest BCUT2D eigenvalue weighted by Gasteiger charge is -2.12. The summed E-state index contributed by atoms with van der Waals surface area (Å²) in [7, 11) is 1.57. The third kappa shape index (κ3) is 3.18. The van der Waals surface area contributed by atoms with Crippen LogP contribution in [0.25, 0.3) is 0 Å². The standard InChI is InChI=1S/C9H16N4O/c1-7(3-4-10)12-8-5-11-6-9(13-8)14-2/h5-7H,3-4,10H2,1-2H3,(H,12,13). The van der Waals surface area contributed by atoms with Gasteiger partial charge in [-0.1, -0.05) is 0 Å². The van der Waals surface area contributed by atoms with Crippen LogP contribution in [0.5, 0.6) is 5.88 Å². The van der Waals surface area contributed by atoms with Crippen LogP contribution < -0.4 is 15.8 Å². The van der Waals surface area contributed by atoms with Crippen molar-refractivity contribution in [3.8, 4) is 5.88 Å². The van der Waals surface area contributed by atoms with Crippen molar-refractivity contribution in [3.05, 3.63) is 12.4 Å². The fourth-order valence-electron chi connectivity index (χ4n) is 1.09. The fraction of sp³-hybridized carbons (Fsp3) is 0.556. The summed E-state index contributed by atoms with van der Waals surface area (Å²) in [6.07, 6.45) is 4.13. The van der Waals surface area contributed by atoms with Gasteiger partial charge in [-0.05, 0) is 19.9 Å². The number of aromatic nitrogens is 2. The number of rotatable bonds is 5. The highest BCUT2D eigenvalue weighted by Gasteiger charge is 2.02. The second kappa shape index (κ2) is 5.39. The van der Waals surface area contributed by atoms with Crippen LogP contribution in [-0.2, 0) is 0 Å². The summed E-state index contributed by atoms with van der Waals surface area (Å²) in [5.41, 5.74) is 5.44. The van der Waals surface area contributed by atoms with Gasteiger partial charge in [0.15, 0.2) is 0 Å². The third-order valence-electron chi connectivity index (χ3n) is 1.82. The van der Waals surface area contributed by atoms with Crippen LogP contribution in [0.4, 0.5) is 5.82 Å². The molecule has 1 rings (SSSR count). The van der Waals surface area contributed by atoms with E-state index in [1.54, 1.807) is 19.5 Å². The zero-order valence-electron chi connectivity index (χ0n) is 8.53. The first kappa shape index (κ1) is 10.7. The number of nitrogens with one attached hydrogen (secondary N) is 1. The summed E-state index contributed by atoms with van der Waals surface area (Å²) < 4.78 is 4.96. The maximum atomic E-state index is 5.44. The van der Waals surface area contributed by atoms with Crippen LogP contribution >= 0.6 is 0 Å². The van der Waals surface area contributed by atoms with E-state index in [2.05, 4.69) is 15.3 Å². The lowest BCUT2D eigenvalue weighted by atomic mass is 10.2. The largest absolute Gasteiger partial charge is 0.480 e. The smallest absolute Gasteiger partial charge is 0.233 e. The van der Waals surface area contributed by atoms with Crippen molar-refractivity contribution in [1.29, 1.82) is 0 Å². The molecule has 1 heterocycles. The van der Waals surface area contributed by atoms with E-state index in [0.717, 1.165) is 6.42 Å². The molecule has 0 bridgehead atoms. The Hall–Kier alpha value is -1.36. The number of nitrogens with zero attached hydrogens (tertiary/aromatic N) is 2. The zero-order chi connectivity index (χ0) is 10.4. The molecule has 14 heavy (non-hydrogen) atoms. The normalized spacial score (nSPS) is 12.2. The van der Waals surface area contributed by atoms with Gasteiger partial charge in [0, 0.05) is 6.04 Å². The Balaban J connectivity index is 2.57. The zero-order valence-corrected chi connectivity index (χ0v) is 8.53. The van der Waals surface area contributed by atoms with Crippen molar-refractivity contribution >= 4 is 5.82 Å². The average molecular weight is 196 g/mol. The molecule has 0 aliphatic carbocycles. The van der Waals surface area contributed by atoms with Gasteiger partial charge in [0.25, 0.3) is 0 Å². The van der Waals surface area contributed by atoms with Gasteiger partial charge in [-0.15, -0.1) is 0 Å². The molecular formula is C9H16N4O. The van der Waals surface area contributed by atoms with Crippen LogP contribution in [0, 0.1) is 0 Å². The molecule has 78 valence electrons. The summed E-state index contributed by atoms with van der Waals surface area (Å²) in [6, 6.07) is 0.293. The fourth-order valence-corrected chi connectivity index (χ4v) is 1.09. The summed E-state index contributed by atoms with van der Waals surface area (Å²) >= 11 is 0. The highest BCUT2D eigenvalue weighted by Crippen LogP contribution is 2.09. The van der Waals surface area contributed by atoms with E-state index in [4.69, 9.17) is 10.5 Å². The van der Waals surface area contributed by atoms with Crippen LogP contribution in [-0.4, -0.2) is 29.7 Å². The lowest BCUT2D eigenvalue weighted by molar-refractivity contribution is 0.396. The Morgan fingerprint density at radius 2 is 2.36 bits per heavy atom. The minimum absolute atomic E-state index is 0.293. The number of hydrogen-bond acceptors (Lipinski definition) is 5. The molecule has 0 radical (unpaired) electrons. The van der Waals surface area contributed by atoms with Crippen molar-refractivity contribution < 1.29 is 4.74 Å². The van der Waals surface area contributed by atoms with Crippen molar-refractivity contribution in [3.63, 3.8) is 0 Å². The second-order valence-corrected chi connectivity index (χ2v) is 3.07. The van der Waals surface area contributed by atoms with Gasteiger partial charge in [-0.25, -0.2) is 0 Å². The number of methoxy groups -OCH3 is 1. The van der Waals surface area contributed by atoms with Gasteiger partial charge in [0.1, 0.15) is 5.82 Å². The number of anilines is 1. The Morgan fingerprint density at radius 3 is 3.00 bits per heavy atom. The van der Waals surface area contributed by atoms with Gasteiger partial charge >= 0.3 is 0 Å². The number of hydrogen-bond donors (Lipinski definition) is 2. The van der Waals surface area contributed by atoms with Crippen molar-refractivity contribution in [2.24, 2.45) is 5.73 Å². The van der Waals surface area contributed by atoms with E-state index in [1.807, 2.05) is 6.92 Å². The third-order valence-corrected chi connectivity index (χ3v) is 1.82. The van der Waals surface area contributed by atoms with Crippen molar-refractivity contribution in [1.82, 2.24) is 9.97 Å². The van der Waals surface area contributed by atoms with E-state index in [9.17, 15) is 0 Å². The summed E-state index contributed by atoms with van der Waals surface area (Å²) in [6.45, 7) is 2.71. The maximum Gasteiger partial charge on any atom is 0.233 e. The molecule has 1 atom stereocenters. The maximum absolute atomic E-state index is 5.44. The molecule has 1 aromatic heterocycles. The minimum atomic E-state index is 0.293. The molecule has 0 aliphatic rings. The van der Waals surface area contributed by atoms with E-state index >= 15 is 0 Å². The Labute approximate surface area is 83.7 Å². The Morgan fingerprint density at radius 1 is 1.57 bits per heavy atom. The molecule has 0 saturated heterocycles. The molecule has 1 aromatic rings. The topological polar surface area (TPSA) is 73.1 Å². The number of nitrogens with two attached hydrogens (primary N) is 1. The highest BCUT2D eigenvalue weighted by atomic mass is 16.5. The minimum Gasteiger partial charge on any atom is -0.480 e. The van der Waals surface area contributed by atoms with E-state index in [-0.39, 0.29) is 0 Å². The molecule has 0 aliphatic heterocycles. The summed E-state index contributed by atoms with van der Waals surface area (Å²) in [5.74, 6) is 1.22. The first-order valence-corrected chi connectivity index (χ1v) is 4.59. The monoisotopic (exact) mass is 196 g/mol.